The van der Waals surface area contributed by atoms with E-state index >= 15 is 0 Å². The Bertz CT molecular complexity index is 1660. The minimum Gasteiger partial charge on any atom is -0.378 e. The molecule has 3 heterocycles. The van der Waals surface area contributed by atoms with Gasteiger partial charge in [0.25, 0.3) is 5.91 Å². The van der Waals surface area contributed by atoms with E-state index in [0.29, 0.717) is 5.56 Å². The van der Waals surface area contributed by atoms with Crippen LogP contribution in [0.5, 0.6) is 0 Å². The van der Waals surface area contributed by atoms with E-state index in [4.69, 9.17) is 4.98 Å². The van der Waals surface area contributed by atoms with E-state index in [1.807, 2.05) is 74.6 Å². The maximum absolute atomic E-state index is 13.0. The average molecular weight is 535 g/mol. The van der Waals surface area contributed by atoms with Crippen molar-refractivity contribution in [2.75, 3.05) is 62.4 Å². The Hall–Kier alpha value is -4.63. The van der Waals surface area contributed by atoms with E-state index in [1.54, 1.807) is 0 Å². The molecule has 0 aliphatic carbocycles. The first kappa shape index (κ1) is 25.6. The number of H-pyrrole nitrogens is 2. The molecule has 1 saturated heterocycles. The SMILES string of the molecule is Cc1c(NC(=O)c2ccc(N(C)C)cc2)cccc1-c1cn[nH]c1-c1nc2ccc(N3CCN(C)CC3)cc2[nH]1. The highest BCUT2D eigenvalue weighted by molar-refractivity contribution is 6.05. The summed E-state index contributed by atoms with van der Waals surface area (Å²) < 4.78 is 0. The highest BCUT2D eigenvalue weighted by atomic mass is 16.1. The monoisotopic (exact) mass is 534 g/mol. The van der Waals surface area contributed by atoms with Crippen molar-refractivity contribution in [2.24, 2.45) is 0 Å². The predicted octanol–water partition coefficient (Wildman–Crippen LogP) is 5.00. The number of hydrogen-bond donors (Lipinski definition) is 3. The number of piperazine rings is 1. The van der Waals surface area contributed by atoms with Gasteiger partial charge < -0.3 is 25.0 Å². The quantitative estimate of drug-likeness (QED) is 0.284. The van der Waals surface area contributed by atoms with Crippen LogP contribution in [0, 0.1) is 6.92 Å². The minimum absolute atomic E-state index is 0.147. The van der Waals surface area contributed by atoms with Crippen LogP contribution in [-0.2, 0) is 0 Å². The zero-order valence-corrected chi connectivity index (χ0v) is 23.3. The molecule has 0 atom stereocenters. The van der Waals surface area contributed by atoms with E-state index in [0.717, 1.165) is 76.8 Å². The molecule has 9 nitrogen and oxygen atoms in total. The van der Waals surface area contributed by atoms with Crippen LogP contribution in [-0.4, -0.2) is 78.3 Å². The second kappa shape index (κ2) is 10.5. The number of nitrogens with zero attached hydrogens (tertiary/aromatic N) is 5. The fourth-order valence-corrected chi connectivity index (χ4v) is 5.22. The van der Waals surface area contributed by atoms with Gasteiger partial charge in [-0.3, -0.25) is 9.89 Å². The summed E-state index contributed by atoms with van der Waals surface area (Å²) >= 11 is 0. The van der Waals surface area contributed by atoms with Gasteiger partial charge >= 0.3 is 0 Å². The summed E-state index contributed by atoms with van der Waals surface area (Å²) in [6.07, 6.45) is 1.81. The molecule has 0 saturated carbocycles. The molecule has 1 amide bonds. The molecule has 5 aromatic rings. The topological polar surface area (TPSA) is 96.2 Å². The van der Waals surface area contributed by atoms with Crippen molar-refractivity contribution in [2.45, 2.75) is 6.92 Å². The van der Waals surface area contributed by atoms with Gasteiger partial charge in [0.1, 0.15) is 5.69 Å². The smallest absolute Gasteiger partial charge is 0.255 e. The average Bonchev–Trinajstić information content (AvgIpc) is 3.61. The van der Waals surface area contributed by atoms with Crippen LogP contribution in [0.25, 0.3) is 33.7 Å². The molecule has 9 heteroatoms. The highest BCUT2D eigenvalue weighted by Gasteiger charge is 2.19. The summed E-state index contributed by atoms with van der Waals surface area (Å²) in [5.74, 6) is 0.583. The molecule has 40 heavy (non-hydrogen) atoms. The number of aromatic amines is 2. The number of nitrogens with one attached hydrogen (secondary N) is 3. The third-order valence-corrected chi connectivity index (χ3v) is 7.73. The van der Waals surface area contributed by atoms with E-state index in [-0.39, 0.29) is 5.91 Å². The van der Waals surface area contributed by atoms with Crippen molar-refractivity contribution in [1.82, 2.24) is 25.1 Å². The Kier molecular flexibility index (Phi) is 6.73. The molecule has 204 valence electrons. The van der Waals surface area contributed by atoms with Crippen LogP contribution in [0.3, 0.4) is 0 Å². The molecule has 0 bridgehead atoms. The lowest BCUT2D eigenvalue weighted by Gasteiger charge is -2.34. The number of hydrogen-bond acceptors (Lipinski definition) is 6. The molecule has 6 rings (SSSR count). The van der Waals surface area contributed by atoms with Gasteiger partial charge in [-0.25, -0.2) is 4.98 Å². The van der Waals surface area contributed by atoms with Gasteiger partial charge in [0.2, 0.25) is 0 Å². The van der Waals surface area contributed by atoms with Crippen LogP contribution in [0.2, 0.25) is 0 Å². The minimum atomic E-state index is -0.147. The first-order valence-electron chi connectivity index (χ1n) is 13.5. The summed E-state index contributed by atoms with van der Waals surface area (Å²) in [4.78, 5) is 28.2. The molecule has 0 unspecified atom stereocenters. The van der Waals surface area contributed by atoms with E-state index in [1.165, 1.54) is 5.69 Å². The first-order valence-corrected chi connectivity index (χ1v) is 13.5. The molecule has 0 spiro atoms. The van der Waals surface area contributed by atoms with Crippen LogP contribution >= 0.6 is 0 Å². The standard InChI is InChI=1S/C31H34N8O/c1-20-24(6-5-7-26(20)35-31(40)21-8-10-22(11-9-21)37(2)3)25-19-32-36-29(25)30-33-27-13-12-23(18-28(27)34-30)39-16-14-38(4)15-17-39/h5-13,18-19H,14-17H2,1-4H3,(H,32,36)(H,33,34)(H,35,40). The molecule has 3 N–H and O–H groups in total. The van der Waals surface area contributed by atoms with Crippen molar-refractivity contribution >= 4 is 34.0 Å². The fraction of sp³-hybridized carbons (Fsp3) is 0.258. The van der Waals surface area contributed by atoms with Gasteiger partial charge in [-0.2, -0.15) is 5.10 Å². The molecule has 2 aromatic heterocycles. The number of amides is 1. The molecular weight excluding hydrogens is 500 g/mol. The van der Waals surface area contributed by atoms with Crippen LogP contribution in [0.1, 0.15) is 15.9 Å². The van der Waals surface area contributed by atoms with Crippen LogP contribution < -0.4 is 15.1 Å². The number of carbonyl (C=O) groups is 1. The molecule has 1 aliphatic heterocycles. The van der Waals surface area contributed by atoms with Gasteiger partial charge in [0, 0.05) is 68.5 Å². The normalized spacial score (nSPS) is 14.1. The largest absolute Gasteiger partial charge is 0.378 e. The maximum Gasteiger partial charge on any atom is 0.255 e. The predicted molar refractivity (Wildman–Crippen MR) is 162 cm³/mol. The Labute approximate surface area is 233 Å². The number of imidazole rings is 1. The molecular formula is C31H34N8O. The number of likely N-dealkylation sites (N-methyl/N-ethyl adjacent to an activating group) is 1. The molecule has 0 radical (unpaired) electrons. The third kappa shape index (κ3) is 4.91. The number of benzene rings is 3. The van der Waals surface area contributed by atoms with E-state index in [9.17, 15) is 4.79 Å². The number of rotatable bonds is 6. The Balaban J connectivity index is 1.27. The lowest BCUT2D eigenvalue weighted by Crippen LogP contribution is -2.44. The maximum atomic E-state index is 13.0. The van der Waals surface area contributed by atoms with Crippen LogP contribution in [0.4, 0.5) is 17.1 Å². The Morgan fingerprint density at radius 3 is 2.50 bits per heavy atom. The van der Waals surface area contributed by atoms with Crippen molar-refractivity contribution < 1.29 is 4.79 Å². The van der Waals surface area contributed by atoms with Crippen molar-refractivity contribution in [3.05, 3.63) is 78.0 Å². The van der Waals surface area contributed by atoms with Crippen LogP contribution in [0.15, 0.2) is 66.9 Å². The zero-order valence-electron chi connectivity index (χ0n) is 23.3. The van der Waals surface area contributed by atoms with Gasteiger partial charge in [-0.1, -0.05) is 12.1 Å². The lowest BCUT2D eigenvalue weighted by atomic mass is 9.99. The van der Waals surface area contributed by atoms with Crippen molar-refractivity contribution in [1.29, 1.82) is 0 Å². The summed E-state index contributed by atoms with van der Waals surface area (Å²) in [6, 6.07) is 19.9. The molecule has 3 aromatic carbocycles. The van der Waals surface area contributed by atoms with Gasteiger partial charge in [0.05, 0.1) is 17.2 Å². The van der Waals surface area contributed by atoms with Gasteiger partial charge in [0.15, 0.2) is 5.82 Å². The second-order valence-electron chi connectivity index (χ2n) is 10.6. The third-order valence-electron chi connectivity index (χ3n) is 7.73. The Morgan fingerprint density at radius 2 is 1.75 bits per heavy atom. The van der Waals surface area contributed by atoms with E-state index < -0.39 is 0 Å². The summed E-state index contributed by atoms with van der Waals surface area (Å²) in [5, 5.41) is 10.6. The number of anilines is 3. The number of fused-ring (bicyclic) bond motifs is 1. The lowest BCUT2D eigenvalue weighted by molar-refractivity contribution is 0.102. The van der Waals surface area contributed by atoms with Crippen molar-refractivity contribution in [3.63, 3.8) is 0 Å². The number of aromatic nitrogens is 4. The highest BCUT2D eigenvalue weighted by Crippen LogP contribution is 2.35. The summed E-state index contributed by atoms with van der Waals surface area (Å²) in [6.45, 7) is 6.16. The second-order valence-corrected chi connectivity index (χ2v) is 10.6. The summed E-state index contributed by atoms with van der Waals surface area (Å²) in [5.41, 5.74) is 9.17. The fourth-order valence-electron chi connectivity index (χ4n) is 5.22. The Morgan fingerprint density at radius 1 is 0.975 bits per heavy atom. The summed E-state index contributed by atoms with van der Waals surface area (Å²) in [7, 11) is 6.12. The first-order chi connectivity index (χ1) is 19.4. The number of carbonyl (C=O) groups excluding carboxylic acids is 1. The molecule has 1 fully saturated rings. The van der Waals surface area contributed by atoms with Gasteiger partial charge in [-0.15, -0.1) is 0 Å². The van der Waals surface area contributed by atoms with Gasteiger partial charge in [-0.05, 0) is 73.6 Å². The molecule has 1 aliphatic rings. The van der Waals surface area contributed by atoms with Crippen molar-refractivity contribution in [3.8, 4) is 22.6 Å². The zero-order chi connectivity index (χ0) is 27.8. The van der Waals surface area contributed by atoms with E-state index in [2.05, 4.69) is 55.5 Å².